The number of benzene rings is 1. The minimum Gasteiger partial charge on any atom is -0.497 e. The quantitative estimate of drug-likeness (QED) is 0.770. The second-order valence-corrected chi connectivity index (χ2v) is 4.55. The zero-order valence-electron chi connectivity index (χ0n) is 11.9. The first-order chi connectivity index (χ1) is 8.71. The van der Waals surface area contributed by atoms with Crippen LogP contribution in [0.2, 0.25) is 0 Å². The zero-order valence-corrected chi connectivity index (χ0v) is 11.9. The van der Waals surface area contributed by atoms with Gasteiger partial charge in [0.1, 0.15) is 5.75 Å². The van der Waals surface area contributed by atoms with E-state index >= 15 is 0 Å². The largest absolute Gasteiger partial charge is 0.497 e. The molecule has 0 saturated carbocycles. The van der Waals surface area contributed by atoms with Crippen molar-refractivity contribution in [3.05, 3.63) is 29.8 Å². The average Bonchev–Trinajstić information content (AvgIpc) is 2.40. The highest BCUT2D eigenvalue weighted by Crippen LogP contribution is 2.19. The van der Waals surface area contributed by atoms with Crippen LogP contribution in [0.5, 0.6) is 5.75 Å². The molecule has 1 aromatic carbocycles. The van der Waals surface area contributed by atoms with Gasteiger partial charge in [-0.05, 0) is 38.1 Å². The Hall–Kier alpha value is -1.06. The van der Waals surface area contributed by atoms with Crippen molar-refractivity contribution in [2.45, 2.75) is 38.8 Å². The van der Waals surface area contributed by atoms with Crippen LogP contribution < -0.4 is 10.1 Å². The van der Waals surface area contributed by atoms with Crippen LogP contribution in [0.15, 0.2) is 24.3 Å². The molecule has 2 unspecified atom stereocenters. The Labute approximate surface area is 110 Å². The van der Waals surface area contributed by atoms with Crippen molar-refractivity contribution in [2.75, 3.05) is 20.8 Å². The van der Waals surface area contributed by atoms with Gasteiger partial charge < -0.3 is 14.8 Å². The highest BCUT2D eigenvalue weighted by Gasteiger charge is 2.12. The van der Waals surface area contributed by atoms with E-state index in [4.69, 9.17) is 9.47 Å². The normalized spacial score (nSPS) is 14.2. The van der Waals surface area contributed by atoms with Crippen LogP contribution in [0.1, 0.15) is 38.3 Å². The monoisotopic (exact) mass is 251 g/mol. The number of nitrogens with one attached hydrogen (secondary N) is 1. The van der Waals surface area contributed by atoms with E-state index in [-0.39, 0.29) is 6.04 Å². The van der Waals surface area contributed by atoms with Crippen molar-refractivity contribution in [2.24, 2.45) is 0 Å². The van der Waals surface area contributed by atoms with Gasteiger partial charge >= 0.3 is 0 Å². The second kappa shape index (κ2) is 8.11. The first kappa shape index (κ1) is 15.0. The van der Waals surface area contributed by atoms with E-state index in [1.165, 1.54) is 5.56 Å². The third-order valence-electron chi connectivity index (χ3n) is 3.09. The lowest BCUT2D eigenvalue weighted by molar-refractivity contribution is 0.0452. The van der Waals surface area contributed by atoms with Gasteiger partial charge in [0.15, 0.2) is 0 Å². The Balaban J connectivity index is 2.59. The summed E-state index contributed by atoms with van der Waals surface area (Å²) in [7, 11) is 3.64. The number of methoxy groups -OCH3 is 1. The van der Waals surface area contributed by atoms with E-state index in [1.807, 2.05) is 19.2 Å². The summed E-state index contributed by atoms with van der Waals surface area (Å²) in [5, 5.41) is 3.29. The third-order valence-corrected chi connectivity index (χ3v) is 3.09. The minimum atomic E-state index is 0.208. The van der Waals surface area contributed by atoms with Crippen LogP contribution >= 0.6 is 0 Å². The average molecular weight is 251 g/mol. The van der Waals surface area contributed by atoms with E-state index in [9.17, 15) is 0 Å². The summed E-state index contributed by atoms with van der Waals surface area (Å²) in [6.07, 6.45) is 2.58. The molecule has 0 heterocycles. The van der Waals surface area contributed by atoms with E-state index in [0.29, 0.717) is 12.7 Å². The van der Waals surface area contributed by atoms with Crippen molar-refractivity contribution < 1.29 is 9.47 Å². The van der Waals surface area contributed by atoms with Gasteiger partial charge in [-0.2, -0.15) is 0 Å². The number of hydrogen-bond acceptors (Lipinski definition) is 3. The molecule has 1 rings (SSSR count). The summed E-state index contributed by atoms with van der Waals surface area (Å²) in [6, 6.07) is 8.32. The van der Waals surface area contributed by atoms with Gasteiger partial charge in [0.25, 0.3) is 0 Å². The van der Waals surface area contributed by atoms with E-state index in [1.54, 1.807) is 7.11 Å². The Morgan fingerprint density at radius 1 is 1.33 bits per heavy atom. The summed E-state index contributed by atoms with van der Waals surface area (Å²) in [4.78, 5) is 0. The lowest BCUT2D eigenvalue weighted by Gasteiger charge is -2.20. The maximum Gasteiger partial charge on any atom is 0.119 e. The van der Waals surface area contributed by atoms with Crippen LogP contribution in [0, 0.1) is 0 Å². The number of likely N-dealkylation sites (N-methyl/N-ethyl adjacent to an activating group) is 1. The van der Waals surface area contributed by atoms with E-state index in [0.717, 1.165) is 18.6 Å². The molecule has 0 bridgehead atoms. The minimum absolute atomic E-state index is 0.208. The van der Waals surface area contributed by atoms with Crippen molar-refractivity contribution in [1.29, 1.82) is 0 Å². The van der Waals surface area contributed by atoms with E-state index in [2.05, 4.69) is 31.3 Å². The topological polar surface area (TPSA) is 30.5 Å². The van der Waals surface area contributed by atoms with Crippen LogP contribution in [-0.4, -0.2) is 26.9 Å². The number of ether oxygens (including phenoxy) is 2. The predicted octanol–water partition coefficient (Wildman–Crippen LogP) is 3.16. The summed E-state index contributed by atoms with van der Waals surface area (Å²) < 4.78 is 11.1. The van der Waals surface area contributed by atoms with Crippen LogP contribution in [0.25, 0.3) is 0 Å². The van der Waals surface area contributed by atoms with Crippen LogP contribution in [0.4, 0.5) is 0 Å². The lowest BCUT2D eigenvalue weighted by Crippen LogP contribution is -2.24. The van der Waals surface area contributed by atoms with Gasteiger partial charge in [-0.25, -0.2) is 0 Å². The van der Waals surface area contributed by atoms with Gasteiger partial charge in [-0.15, -0.1) is 0 Å². The molecule has 0 amide bonds. The molecule has 102 valence electrons. The molecule has 0 fully saturated rings. The Kier molecular flexibility index (Phi) is 6.76. The standard InChI is InChI=1S/C15H25NO2/c1-5-7-12(2)18-11-15(16-3)13-8-6-9-14(10-13)17-4/h6,8-10,12,15-16H,5,7,11H2,1-4H3. The van der Waals surface area contributed by atoms with Crippen molar-refractivity contribution >= 4 is 0 Å². The molecule has 1 aromatic rings. The molecule has 2 atom stereocenters. The maximum absolute atomic E-state index is 5.86. The molecule has 0 aliphatic rings. The Morgan fingerprint density at radius 3 is 2.72 bits per heavy atom. The molecular formula is C15H25NO2. The van der Waals surface area contributed by atoms with Crippen molar-refractivity contribution in [3.8, 4) is 5.75 Å². The summed E-state index contributed by atoms with van der Waals surface area (Å²) in [5.41, 5.74) is 1.19. The van der Waals surface area contributed by atoms with Gasteiger partial charge in [0.05, 0.1) is 25.9 Å². The fraction of sp³-hybridized carbons (Fsp3) is 0.600. The SMILES string of the molecule is CCCC(C)OCC(NC)c1cccc(OC)c1. The fourth-order valence-corrected chi connectivity index (χ4v) is 1.95. The molecule has 1 N–H and O–H groups in total. The molecule has 3 heteroatoms. The summed E-state index contributed by atoms with van der Waals surface area (Å²) in [5.74, 6) is 0.884. The lowest BCUT2D eigenvalue weighted by atomic mass is 10.1. The van der Waals surface area contributed by atoms with Gasteiger partial charge in [-0.1, -0.05) is 25.5 Å². The molecular weight excluding hydrogens is 226 g/mol. The first-order valence-electron chi connectivity index (χ1n) is 6.64. The van der Waals surface area contributed by atoms with Gasteiger partial charge in [-0.3, -0.25) is 0 Å². The summed E-state index contributed by atoms with van der Waals surface area (Å²) >= 11 is 0. The predicted molar refractivity (Wildman–Crippen MR) is 75.1 cm³/mol. The first-order valence-corrected chi connectivity index (χ1v) is 6.64. The van der Waals surface area contributed by atoms with E-state index < -0.39 is 0 Å². The molecule has 3 nitrogen and oxygen atoms in total. The molecule has 0 aliphatic heterocycles. The molecule has 0 aliphatic carbocycles. The van der Waals surface area contributed by atoms with Crippen LogP contribution in [-0.2, 0) is 4.74 Å². The summed E-state index contributed by atoms with van der Waals surface area (Å²) in [6.45, 7) is 4.99. The molecule has 0 radical (unpaired) electrons. The zero-order chi connectivity index (χ0) is 13.4. The molecule has 0 saturated heterocycles. The second-order valence-electron chi connectivity index (χ2n) is 4.55. The molecule has 18 heavy (non-hydrogen) atoms. The highest BCUT2D eigenvalue weighted by molar-refractivity contribution is 5.30. The third kappa shape index (κ3) is 4.67. The smallest absolute Gasteiger partial charge is 0.119 e. The molecule has 0 spiro atoms. The highest BCUT2D eigenvalue weighted by atomic mass is 16.5. The van der Waals surface area contributed by atoms with Gasteiger partial charge in [0.2, 0.25) is 0 Å². The number of hydrogen-bond donors (Lipinski definition) is 1. The Morgan fingerprint density at radius 2 is 2.11 bits per heavy atom. The Bertz CT molecular complexity index is 341. The maximum atomic E-state index is 5.86. The fourth-order valence-electron chi connectivity index (χ4n) is 1.95. The molecule has 0 aromatic heterocycles. The van der Waals surface area contributed by atoms with Crippen molar-refractivity contribution in [3.63, 3.8) is 0 Å². The number of rotatable bonds is 8. The van der Waals surface area contributed by atoms with Gasteiger partial charge in [0, 0.05) is 0 Å². The van der Waals surface area contributed by atoms with Crippen molar-refractivity contribution in [1.82, 2.24) is 5.32 Å². The van der Waals surface area contributed by atoms with Crippen LogP contribution in [0.3, 0.4) is 0 Å².